The number of alkyl halides is 1. The number of aromatic amines is 1. The minimum Gasteiger partial charge on any atom is -0.465 e. The second-order valence-electron chi connectivity index (χ2n) is 12.2. The molecule has 2 heterocycles. The molecule has 1 aliphatic carbocycles. The summed E-state index contributed by atoms with van der Waals surface area (Å²) in [4.78, 5) is 16.7. The number of nitrogens with one attached hydrogen (secondary N) is 1. The molecule has 0 bridgehead atoms. The molecular weight excluding hydrogens is 702 g/mol. The van der Waals surface area contributed by atoms with E-state index < -0.39 is 16.0 Å². The molecule has 1 saturated carbocycles. The second-order valence-corrected chi connectivity index (χ2v) is 15.1. The lowest BCUT2D eigenvalue weighted by molar-refractivity contribution is 0.0519. The first-order valence-corrected chi connectivity index (χ1v) is 19.2. The van der Waals surface area contributed by atoms with Crippen LogP contribution in [0.5, 0.6) is 5.75 Å². The van der Waals surface area contributed by atoms with E-state index in [9.17, 15) is 17.6 Å². The summed E-state index contributed by atoms with van der Waals surface area (Å²) in [6, 6.07) is 13.5. The highest BCUT2D eigenvalue weighted by atomic mass is 35.5. The van der Waals surface area contributed by atoms with E-state index in [1.165, 1.54) is 12.1 Å². The molecule has 0 aliphatic heterocycles. The van der Waals surface area contributed by atoms with Gasteiger partial charge in [0.15, 0.2) is 0 Å². The monoisotopic (exact) mass is 740 g/mol. The Morgan fingerprint density at radius 2 is 1.92 bits per heavy atom. The number of nitrogens with zero attached hydrogens (tertiary/aromatic N) is 3. The zero-order valence-corrected chi connectivity index (χ0v) is 30.5. The van der Waals surface area contributed by atoms with Crippen molar-refractivity contribution in [1.29, 1.82) is 0 Å². The van der Waals surface area contributed by atoms with E-state index in [0.717, 1.165) is 40.3 Å². The average molecular weight is 742 g/mol. The third-order valence-corrected chi connectivity index (χ3v) is 11.4. The van der Waals surface area contributed by atoms with Crippen LogP contribution >= 0.6 is 23.2 Å². The van der Waals surface area contributed by atoms with Crippen molar-refractivity contribution in [2.75, 3.05) is 18.2 Å². The molecule has 1 aliphatic rings. The molecule has 0 unspecified atom stereocenters. The highest BCUT2D eigenvalue weighted by Crippen LogP contribution is 2.42. The summed E-state index contributed by atoms with van der Waals surface area (Å²) in [6.45, 7) is 4.03. The smallest absolute Gasteiger partial charge is 0.355 e. The molecule has 1 fully saturated rings. The molecule has 3 aromatic carbocycles. The van der Waals surface area contributed by atoms with Gasteiger partial charge in [-0.15, -0.1) is 11.6 Å². The normalized spacial score (nSPS) is 13.7. The van der Waals surface area contributed by atoms with Gasteiger partial charge in [-0.3, -0.25) is 4.68 Å². The number of hydrogen-bond donors (Lipinski definition) is 1. The highest BCUT2D eigenvalue weighted by molar-refractivity contribution is 7.89. The Bertz CT molecular complexity index is 2190. The van der Waals surface area contributed by atoms with Crippen LogP contribution in [0, 0.1) is 5.82 Å². The Labute approximate surface area is 301 Å². The van der Waals surface area contributed by atoms with Crippen molar-refractivity contribution < 1.29 is 27.1 Å². The number of carbonyl (C=O) groups excluding carboxylic acids is 1. The standard InChI is InChI=1S/C37H39Cl2FN4O5S/c1-4-31-34(30(42-43(31)3)22-44(25-13-14-25)50(46,47)20-8-18-38)33-29(39)17-16-28-27(36(41-35(28)33)37(45)48-5-2)10-7-19-49-32-11-6-9-23-21-24(40)12-15-26(23)32/h6-7,9,11-12,15-17,19,21,25,41H,4-5,8,10,13-14,18,20,22H2,1-3H3/b19-7+. The number of rotatable bonds is 15. The highest BCUT2D eigenvalue weighted by Gasteiger charge is 2.38. The number of H-pyrrole nitrogens is 1. The van der Waals surface area contributed by atoms with Crippen LogP contribution in [0.15, 0.2) is 60.9 Å². The SMILES string of the molecule is CCOC(=O)c1[nH]c2c(-c3c(CN(C4CC4)S(=O)(=O)CCCCl)nn(C)c3CC)c(Cl)ccc2c1C/C=C/Oc1cccc2cc(F)ccc12. The van der Waals surface area contributed by atoms with Gasteiger partial charge in [-0.05, 0) is 86.4 Å². The molecule has 9 nitrogen and oxygen atoms in total. The van der Waals surface area contributed by atoms with E-state index in [1.54, 1.807) is 52.5 Å². The van der Waals surface area contributed by atoms with E-state index in [4.69, 9.17) is 37.8 Å². The van der Waals surface area contributed by atoms with Gasteiger partial charge in [-0.2, -0.15) is 9.40 Å². The number of aryl methyl sites for hydroxylation is 1. The fourth-order valence-electron chi connectivity index (χ4n) is 6.49. The van der Waals surface area contributed by atoms with Crippen molar-refractivity contribution >= 4 is 60.9 Å². The molecular formula is C37H39Cl2FN4O5S. The maximum Gasteiger partial charge on any atom is 0.355 e. The summed E-state index contributed by atoms with van der Waals surface area (Å²) in [5.41, 5.74) is 4.41. The molecule has 6 rings (SSSR count). The fraction of sp³-hybridized carbons (Fsp3) is 0.351. The van der Waals surface area contributed by atoms with Crippen LogP contribution in [0.1, 0.15) is 60.5 Å². The number of hydrogen-bond acceptors (Lipinski definition) is 6. The van der Waals surface area contributed by atoms with Crippen LogP contribution in [0.2, 0.25) is 5.02 Å². The number of benzene rings is 3. The van der Waals surface area contributed by atoms with Gasteiger partial charge in [0.25, 0.3) is 0 Å². The Kier molecular flexibility index (Phi) is 10.9. The van der Waals surface area contributed by atoms with Crippen molar-refractivity contribution in [2.24, 2.45) is 7.05 Å². The van der Waals surface area contributed by atoms with E-state index in [-0.39, 0.29) is 42.3 Å². The molecule has 2 aromatic heterocycles. The number of esters is 1. The lowest BCUT2D eigenvalue weighted by Crippen LogP contribution is -2.35. The molecule has 0 amide bonds. The van der Waals surface area contributed by atoms with Gasteiger partial charge in [0, 0.05) is 46.6 Å². The van der Waals surface area contributed by atoms with Crippen molar-refractivity contribution in [3.05, 3.63) is 94.4 Å². The van der Waals surface area contributed by atoms with Crippen molar-refractivity contribution in [2.45, 2.75) is 58.5 Å². The Balaban J connectivity index is 1.42. The van der Waals surface area contributed by atoms with E-state index in [2.05, 4.69) is 4.98 Å². The third-order valence-electron chi connectivity index (χ3n) is 8.90. The number of sulfonamides is 1. The minimum absolute atomic E-state index is 0.0364. The predicted molar refractivity (Wildman–Crippen MR) is 196 cm³/mol. The molecule has 0 atom stereocenters. The summed E-state index contributed by atoms with van der Waals surface area (Å²) in [6.07, 6.45) is 6.20. The van der Waals surface area contributed by atoms with Gasteiger partial charge >= 0.3 is 5.97 Å². The van der Waals surface area contributed by atoms with E-state index in [0.29, 0.717) is 52.4 Å². The average Bonchev–Trinajstić information content (AvgIpc) is 3.79. The maximum absolute atomic E-state index is 13.8. The molecule has 5 aromatic rings. The molecule has 0 spiro atoms. The first-order chi connectivity index (χ1) is 24.1. The van der Waals surface area contributed by atoms with Crippen LogP contribution in [0.25, 0.3) is 32.8 Å². The van der Waals surface area contributed by atoms with Gasteiger partial charge in [0.1, 0.15) is 17.3 Å². The van der Waals surface area contributed by atoms with Crippen LogP contribution in [0.4, 0.5) is 4.39 Å². The van der Waals surface area contributed by atoms with Crippen molar-refractivity contribution in [3.8, 4) is 16.9 Å². The lowest BCUT2D eigenvalue weighted by Gasteiger charge is -2.21. The lowest BCUT2D eigenvalue weighted by atomic mass is 9.97. The van der Waals surface area contributed by atoms with Gasteiger partial charge in [-0.25, -0.2) is 17.6 Å². The predicted octanol–water partition coefficient (Wildman–Crippen LogP) is 8.31. The maximum atomic E-state index is 13.8. The number of allylic oxidation sites excluding steroid dienone is 1. The molecule has 0 saturated heterocycles. The molecule has 264 valence electrons. The zero-order chi connectivity index (χ0) is 35.6. The summed E-state index contributed by atoms with van der Waals surface area (Å²) >= 11 is 12.9. The summed E-state index contributed by atoms with van der Waals surface area (Å²) < 4.78 is 55.4. The van der Waals surface area contributed by atoms with Crippen molar-refractivity contribution in [1.82, 2.24) is 19.1 Å². The fourth-order valence-corrected chi connectivity index (χ4v) is 8.76. The Hall–Kier alpha value is -3.90. The Morgan fingerprint density at radius 1 is 1.14 bits per heavy atom. The van der Waals surface area contributed by atoms with Crippen LogP contribution < -0.4 is 4.74 Å². The molecule has 0 radical (unpaired) electrons. The van der Waals surface area contributed by atoms with Crippen LogP contribution in [0.3, 0.4) is 0 Å². The quantitative estimate of drug-likeness (QED) is 0.0658. The van der Waals surface area contributed by atoms with Crippen molar-refractivity contribution in [3.63, 3.8) is 0 Å². The number of halogens is 3. The summed E-state index contributed by atoms with van der Waals surface area (Å²) in [5, 5.41) is 7.50. The van der Waals surface area contributed by atoms with Gasteiger partial charge < -0.3 is 14.5 Å². The van der Waals surface area contributed by atoms with Crippen LogP contribution in [-0.4, -0.2) is 57.7 Å². The van der Waals surface area contributed by atoms with Crippen LogP contribution in [-0.2, 0) is 41.2 Å². The summed E-state index contributed by atoms with van der Waals surface area (Å²) in [5.74, 6) is -0.0522. The second kappa shape index (κ2) is 15.1. The number of carbonyl (C=O) groups is 1. The number of ether oxygens (including phenoxy) is 2. The first-order valence-electron chi connectivity index (χ1n) is 16.7. The third kappa shape index (κ3) is 7.28. The molecule has 1 N–H and O–H groups in total. The van der Waals surface area contributed by atoms with Gasteiger partial charge in [0.05, 0.1) is 41.4 Å². The minimum atomic E-state index is -3.59. The molecule has 50 heavy (non-hydrogen) atoms. The topological polar surface area (TPSA) is 107 Å². The number of aromatic nitrogens is 3. The van der Waals surface area contributed by atoms with E-state index in [1.807, 2.05) is 26.1 Å². The Morgan fingerprint density at radius 3 is 2.64 bits per heavy atom. The molecule has 13 heteroatoms. The number of fused-ring (bicyclic) bond motifs is 2. The summed E-state index contributed by atoms with van der Waals surface area (Å²) in [7, 11) is -1.75. The van der Waals surface area contributed by atoms with Gasteiger partial charge in [0.2, 0.25) is 10.0 Å². The van der Waals surface area contributed by atoms with Gasteiger partial charge in [-0.1, -0.05) is 36.7 Å². The largest absolute Gasteiger partial charge is 0.465 e. The zero-order valence-electron chi connectivity index (χ0n) is 28.1. The first kappa shape index (κ1) is 35.9. The van der Waals surface area contributed by atoms with E-state index >= 15 is 0 Å².